The average molecular weight is 194 g/mol. The highest BCUT2D eigenvalue weighted by Crippen LogP contribution is 2.18. The lowest BCUT2D eigenvalue weighted by molar-refractivity contribution is 0.0952. The van der Waals surface area contributed by atoms with Crippen molar-refractivity contribution in [1.29, 1.82) is 0 Å². The predicted molar refractivity (Wildman–Crippen MR) is 50.0 cm³/mol. The smallest absolute Gasteiger partial charge is 0.265 e. The van der Waals surface area contributed by atoms with Gasteiger partial charge in [0, 0.05) is 5.56 Å². The van der Waals surface area contributed by atoms with Crippen LogP contribution in [-0.2, 0) is 0 Å². The number of aldehydes is 1. The molecule has 0 radical (unpaired) electrons. The number of ether oxygens (including phenoxy) is 1. The first-order valence-corrected chi connectivity index (χ1v) is 3.87. The summed E-state index contributed by atoms with van der Waals surface area (Å²) in [5.41, 5.74) is 2.72. The SMILES string of the molecule is COc1cc(C(=O)NN)ccc1C=O. The molecular formula is C9H10N2O3. The molecule has 0 aliphatic rings. The highest BCUT2D eigenvalue weighted by molar-refractivity contribution is 5.95. The molecule has 0 aromatic heterocycles. The van der Waals surface area contributed by atoms with Crippen molar-refractivity contribution in [2.75, 3.05) is 7.11 Å². The Kier molecular flexibility index (Phi) is 3.19. The summed E-state index contributed by atoms with van der Waals surface area (Å²) in [6, 6.07) is 4.44. The average Bonchev–Trinajstić information content (AvgIpc) is 2.26. The summed E-state index contributed by atoms with van der Waals surface area (Å²) in [6.45, 7) is 0. The van der Waals surface area contributed by atoms with Crippen LogP contribution in [0.15, 0.2) is 18.2 Å². The minimum atomic E-state index is -0.430. The lowest BCUT2D eigenvalue weighted by Crippen LogP contribution is -2.29. The molecule has 0 bridgehead atoms. The summed E-state index contributed by atoms with van der Waals surface area (Å²) in [5.74, 6) is 4.87. The fourth-order valence-corrected chi connectivity index (χ4v) is 1.03. The van der Waals surface area contributed by atoms with Gasteiger partial charge in [-0.3, -0.25) is 15.0 Å². The third kappa shape index (κ3) is 1.89. The van der Waals surface area contributed by atoms with Gasteiger partial charge >= 0.3 is 0 Å². The van der Waals surface area contributed by atoms with E-state index in [1.807, 2.05) is 5.43 Å². The molecule has 1 aromatic carbocycles. The lowest BCUT2D eigenvalue weighted by atomic mass is 10.1. The van der Waals surface area contributed by atoms with Crippen LogP contribution in [0.3, 0.4) is 0 Å². The number of nitrogen functional groups attached to an aromatic ring is 1. The van der Waals surface area contributed by atoms with E-state index in [1.54, 1.807) is 0 Å². The molecule has 0 heterocycles. The van der Waals surface area contributed by atoms with Crippen molar-refractivity contribution in [1.82, 2.24) is 5.43 Å². The highest BCUT2D eigenvalue weighted by Gasteiger charge is 2.08. The second-order valence-corrected chi connectivity index (χ2v) is 2.55. The second-order valence-electron chi connectivity index (χ2n) is 2.55. The van der Waals surface area contributed by atoms with Crippen LogP contribution in [0.5, 0.6) is 5.75 Å². The van der Waals surface area contributed by atoms with E-state index in [1.165, 1.54) is 25.3 Å². The van der Waals surface area contributed by atoms with Crippen LogP contribution in [0.25, 0.3) is 0 Å². The number of amides is 1. The van der Waals surface area contributed by atoms with E-state index in [4.69, 9.17) is 10.6 Å². The Labute approximate surface area is 80.8 Å². The summed E-state index contributed by atoms with van der Waals surface area (Å²) < 4.78 is 4.92. The molecule has 0 saturated carbocycles. The fourth-order valence-electron chi connectivity index (χ4n) is 1.03. The van der Waals surface area contributed by atoms with Gasteiger partial charge in [-0.2, -0.15) is 0 Å². The van der Waals surface area contributed by atoms with Crippen molar-refractivity contribution in [3.8, 4) is 5.75 Å². The number of carbonyl (C=O) groups excluding carboxylic acids is 2. The number of hydrogen-bond acceptors (Lipinski definition) is 4. The van der Waals surface area contributed by atoms with Crippen LogP contribution >= 0.6 is 0 Å². The maximum Gasteiger partial charge on any atom is 0.265 e. The molecule has 0 aliphatic carbocycles. The normalized spacial score (nSPS) is 9.29. The van der Waals surface area contributed by atoms with Crippen molar-refractivity contribution in [3.63, 3.8) is 0 Å². The van der Waals surface area contributed by atoms with E-state index in [2.05, 4.69) is 0 Å². The summed E-state index contributed by atoms with van der Waals surface area (Å²) in [7, 11) is 1.42. The first-order valence-electron chi connectivity index (χ1n) is 3.87. The molecule has 5 nitrogen and oxygen atoms in total. The number of hydrogen-bond donors (Lipinski definition) is 2. The maximum absolute atomic E-state index is 11.1. The minimum absolute atomic E-state index is 0.343. The van der Waals surface area contributed by atoms with E-state index in [0.717, 1.165) is 0 Å². The van der Waals surface area contributed by atoms with Gasteiger partial charge in [-0.15, -0.1) is 0 Å². The molecule has 14 heavy (non-hydrogen) atoms. The maximum atomic E-state index is 11.1. The standard InChI is InChI=1S/C9H10N2O3/c1-14-8-4-6(9(13)11-10)2-3-7(8)5-12/h2-5H,10H2,1H3,(H,11,13). The van der Waals surface area contributed by atoms with E-state index in [0.29, 0.717) is 23.2 Å². The van der Waals surface area contributed by atoms with Crippen LogP contribution in [-0.4, -0.2) is 19.3 Å². The van der Waals surface area contributed by atoms with Gasteiger partial charge < -0.3 is 4.74 Å². The predicted octanol–water partition coefficient (Wildman–Crippen LogP) is 0.111. The summed E-state index contributed by atoms with van der Waals surface area (Å²) in [5, 5.41) is 0. The topological polar surface area (TPSA) is 81.4 Å². The highest BCUT2D eigenvalue weighted by atomic mass is 16.5. The molecule has 74 valence electrons. The first kappa shape index (κ1) is 10.2. The van der Waals surface area contributed by atoms with Crippen molar-refractivity contribution in [2.24, 2.45) is 5.84 Å². The summed E-state index contributed by atoms with van der Waals surface area (Å²) >= 11 is 0. The molecular weight excluding hydrogens is 184 g/mol. The molecule has 5 heteroatoms. The monoisotopic (exact) mass is 194 g/mol. The largest absolute Gasteiger partial charge is 0.496 e. The molecule has 0 atom stereocenters. The quantitative estimate of drug-likeness (QED) is 0.310. The fraction of sp³-hybridized carbons (Fsp3) is 0.111. The van der Waals surface area contributed by atoms with Crippen molar-refractivity contribution < 1.29 is 14.3 Å². The van der Waals surface area contributed by atoms with Crippen LogP contribution in [0, 0.1) is 0 Å². The lowest BCUT2D eigenvalue weighted by Gasteiger charge is -2.05. The molecule has 0 fully saturated rings. The van der Waals surface area contributed by atoms with Gasteiger partial charge in [0.25, 0.3) is 5.91 Å². The minimum Gasteiger partial charge on any atom is -0.496 e. The van der Waals surface area contributed by atoms with Gasteiger partial charge in [0.05, 0.1) is 12.7 Å². The van der Waals surface area contributed by atoms with Crippen LogP contribution in [0.4, 0.5) is 0 Å². The Hall–Kier alpha value is -1.88. The van der Waals surface area contributed by atoms with Gasteiger partial charge in [-0.25, -0.2) is 5.84 Å². The van der Waals surface area contributed by atoms with Crippen molar-refractivity contribution in [3.05, 3.63) is 29.3 Å². The van der Waals surface area contributed by atoms with Gasteiger partial charge in [0.15, 0.2) is 6.29 Å². The Morgan fingerprint density at radius 1 is 1.57 bits per heavy atom. The Balaban J connectivity index is 3.13. The Morgan fingerprint density at radius 3 is 2.79 bits per heavy atom. The van der Waals surface area contributed by atoms with Gasteiger partial charge in [-0.1, -0.05) is 0 Å². The zero-order chi connectivity index (χ0) is 10.6. The molecule has 0 aliphatic heterocycles. The van der Waals surface area contributed by atoms with Crippen LogP contribution < -0.4 is 16.0 Å². The molecule has 0 unspecified atom stereocenters. The van der Waals surface area contributed by atoms with Crippen molar-refractivity contribution >= 4 is 12.2 Å². The number of benzene rings is 1. The summed E-state index contributed by atoms with van der Waals surface area (Å²) in [4.78, 5) is 21.6. The molecule has 0 saturated heterocycles. The van der Waals surface area contributed by atoms with Crippen LogP contribution in [0.1, 0.15) is 20.7 Å². The van der Waals surface area contributed by atoms with E-state index >= 15 is 0 Å². The molecule has 1 rings (SSSR count). The Morgan fingerprint density at radius 2 is 2.29 bits per heavy atom. The number of methoxy groups -OCH3 is 1. The van der Waals surface area contributed by atoms with E-state index in [-0.39, 0.29) is 0 Å². The molecule has 1 aromatic rings. The number of nitrogens with two attached hydrogens (primary N) is 1. The number of hydrazine groups is 1. The first-order chi connectivity index (χ1) is 6.72. The van der Waals surface area contributed by atoms with Gasteiger partial charge in [0.2, 0.25) is 0 Å². The third-order valence-corrected chi connectivity index (χ3v) is 1.75. The van der Waals surface area contributed by atoms with E-state index < -0.39 is 5.91 Å². The van der Waals surface area contributed by atoms with Gasteiger partial charge in [-0.05, 0) is 18.2 Å². The van der Waals surface area contributed by atoms with Crippen LogP contribution in [0.2, 0.25) is 0 Å². The number of carbonyl (C=O) groups is 2. The Bertz CT molecular complexity index is 363. The number of rotatable bonds is 3. The molecule has 0 spiro atoms. The third-order valence-electron chi connectivity index (χ3n) is 1.75. The molecule has 1 amide bonds. The zero-order valence-electron chi connectivity index (χ0n) is 7.61. The number of nitrogens with one attached hydrogen (secondary N) is 1. The summed E-state index contributed by atoms with van der Waals surface area (Å²) in [6.07, 6.45) is 0.656. The molecule has 3 N–H and O–H groups in total. The second kappa shape index (κ2) is 4.38. The van der Waals surface area contributed by atoms with Crippen molar-refractivity contribution in [2.45, 2.75) is 0 Å². The zero-order valence-corrected chi connectivity index (χ0v) is 7.61. The van der Waals surface area contributed by atoms with E-state index in [9.17, 15) is 9.59 Å². The van der Waals surface area contributed by atoms with Gasteiger partial charge in [0.1, 0.15) is 5.75 Å².